The van der Waals surface area contributed by atoms with Crippen molar-refractivity contribution in [3.63, 3.8) is 0 Å². The fraction of sp³-hybridized carbons (Fsp3) is 0.471. The summed E-state index contributed by atoms with van der Waals surface area (Å²) in [5.74, 6) is 3.33. The van der Waals surface area contributed by atoms with E-state index in [0.717, 1.165) is 49.2 Å². The molecule has 0 unspecified atom stereocenters. The van der Waals surface area contributed by atoms with Crippen molar-refractivity contribution in [2.24, 2.45) is 0 Å². The predicted octanol–water partition coefficient (Wildman–Crippen LogP) is 1.43. The van der Waals surface area contributed by atoms with Gasteiger partial charge in [0, 0.05) is 43.9 Å². The van der Waals surface area contributed by atoms with E-state index >= 15 is 0 Å². The molecular weight excluding hydrogens is 316 g/mol. The number of piperazine rings is 1. The van der Waals surface area contributed by atoms with Gasteiger partial charge in [0.2, 0.25) is 0 Å². The highest BCUT2D eigenvalue weighted by molar-refractivity contribution is 5.49. The van der Waals surface area contributed by atoms with Crippen LogP contribution in [0.15, 0.2) is 24.5 Å². The fourth-order valence-corrected chi connectivity index (χ4v) is 3.40. The number of anilines is 2. The minimum absolute atomic E-state index is 0.651. The van der Waals surface area contributed by atoms with E-state index < -0.39 is 0 Å². The predicted molar refractivity (Wildman–Crippen MR) is 94.0 cm³/mol. The summed E-state index contributed by atoms with van der Waals surface area (Å²) in [5.41, 5.74) is 2.10. The van der Waals surface area contributed by atoms with E-state index in [-0.39, 0.29) is 0 Å². The van der Waals surface area contributed by atoms with Crippen molar-refractivity contribution in [3.8, 4) is 0 Å². The number of rotatable bonds is 3. The molecule has 3 aromatic heterocycles. The van der Waals surface area contributed by atoms with E-state index in [0.29, 0.717) is 11.7 Å². The molecule has 1 aliphatic carbocycles. The van der Waals surface area contributed by atoms with Gasteiger partial charge in [0.25, 0.3) is 5.78 Å². The first-order chi connectivity index (χ1) is 12.3. The van der Waals surface area contributed by atoms with Crippen molar-refractivity contribution in [1.82, 2.24) is 29.8 Å². The summed E-state index contributed by atoms with van der Waals surface area (Å²) in [6.07, 6.45) is 4.07. The van der Waals surface area contributed by atoms with E-state index in [1.54, 1.807) is 6.33 Å². The zero-order valence-electron chi connectivity index (χ0n) is 14.2. The Hall–Kier alpha value is -2.77. The van der Waals surface area contributed by atoms with Gasteiger partial charge in [-0.25, -0.2) is 4.98 Å². The third-order valence-electron chi connectivity index (χ3n) is 4.96. The van der Waals surface area contributed by atoms with Gasteiger partial charge in [-0.1, -0.05) is 0 Å². The Kier molecular flexibility index (Phi) is 3.29. The molecule has 0 bridgehead atoms. The van der Waals surface area contributed by atoms with Gasteiger partial charge in [-0.2, -0.15) is 19.7 Å². The zero-order chi connectivity index (χ0) is 16.8. The van der Waals surface area contributed by atoms with Crippen molar-refractivity contribution < 1.29 is 0 Å². The van der Waals surface area contributed by atoms with Gasteiger partial charge in [-0.05, 0) is 31.9 Å². The molecule has 0 N–H and O–H groups in total. The molecule has 0 radical (unpaired) electrons. The molecule has 0 spiro atoms. The molecule has 0 aromatic carbocycles. The molecule has 128 valence electrons. The lowest BCUT2D eigenvalue weighted by atomic mass is 10.2. The van der Waals surface area contributed by atoms with E-state index in [4.69, 9.17) is 0 Å². The highest BCUT2D eigenvalue weighted by atomic mass is 15.4. The molecular formula is C17H20N8. The van der Waals surface area contributed by atoms with Crippen LogP contribution >= 0.6 is 0 Å². The van der Waals surface area contributed by atoms with Gasteiger partial charge >= 0.3 is 0 Å². The van der Waals surface area contributed by atoms with Crippen LogP contribution in [0.4, 0.5) is 11.6 Å². The zero-order valence-corrected chi connectivity index (χ0v) is 14.2. The Morgan fingerprint density at radius 2 is 1.80 bits per heavy atom. The van der Waals surface area contributed by atoms with E-state index in [1.165, 1.54) is 12.8 Å². The topological polar surface area (TPSA) is 75.3 Å². The van der Waals surface area contributed by atoms with Crippen molar-refractivity contribution in [3.05, 3.63) is 35.9 Å². The van der Waals surface area contributed by atoms with Crippen LogP contribution in [0.5, 0.6) is 0 Å². The van der Waals surface area contributed by atoms with Crippen molar-refractivity contribution >= 4 is 17.4 Å². The van der Waals surface area contributed by atoms with E-state index in [9.17, 15) is 0 Å². The molecule has 1 aliphatic heterocycles. The highest BCUT2D eigenvalue weighted by Crippen LogP contribution is 2.38. The lowest BCUT2D eigenvalue weighted by Crippen LogP contribution is -2.47. The monoisotopic (exact) mass is 336 g/mol. The lowest BCUT2D eigenvalue weighted by molar-refractivity contribution is 0.629. The highest BCUT2D eigenvalue weighted by Gasteiger charge is 2.26. The average molecular weight is 336 g/mol. The first kappa shape index (κ1) is 14.6. The lowest BCUT2D eigenvalue weighted by Gasteiger charge is -2.36. The molecule has 0 atom stereocenters. The summed E-state index contributed by atoms with van der Waals surface area (Å²) in [6.45, 7) is 5.63. The third-order valence-corrected chi connectivity index (χ3v) is 4.96. The Morgan fingerprint density at radius 3 is 2.52 bits per heavy atom. The smallest absolute Gasteiger partial charge is 0.254 e. The Morgan fingerprint density at radius 1 is 1.00 bits per heavy atom. The van der Waals surface area contributed by atoms with Gasteiger partial charge in [0.15, 0.2) is 5.82 Å². The minimum atomic E-state index is 0.651. The number of hydrogen-bond donors (Lipinski definition) is 0. The van der Waals surface area contributed by atoms with Gasteiger partial charge in [0.05, 0.1) is 5.69 Å². The summed E-state index contributed by atoms with van der Waals surface area (Å²) >= 11 is 0. The Bertz CT molecular complexity index is 891. The Labute approximate surface area is 145 Å². The largest absolute Gasteiger partial charge is 0.353 e. The third kappa shape index (κ3) is 2.67. The molecule has 8 heteroatoms. The van der Waals surface area contributed by atoms with Crippen LogP contribution in [0.1, 0.15) is 30.1 Å². The first-order valence-corrected chi connectivity index (χ1v) is 8.79. The number of fused-ring (bicyclic) bond motifs is 1. The summed E-state index contributed by atoms with van der Waals surface area (Å²) in [4.78, 5) is 13.3. The van der Waals surface area contributed by atoms with Crippen LogP contribution in [0.25, 0.3) is 5.78 Å². The van der Waals surface area contributed by atoms with Crippen LogP contribution < -0.4 is 9.80 Å². The summed E-state index contributed by atoms with van der Waals surface area (Å²) in [6, 6.07) is 6.32. The second kappa shape index (κ2) is 5.65. The number of aryl methyl sites for hydroxylation is 1. The van der Waals surface area contributed by atoms with Crippen LogP contribution in [0.2, 0.25) is 0 Å². The van der Waals surface area contributed by atoms with Crippen LogP contribution in [0.3, 0.4) is 0 Å². The summed E-state index contributed by atoms with van der Waals surface area (Å²) in [5, 5.41) is 13.1. The fourth-order valence-electron chi connectivity index (χ4n) is 3.40. The van der Waals surface area contributed by atoms with E-state index in [2.05, 4.69) is 53.3 Å². The van der Waals surface area contributed by atoms with Crippen LogP contribution in [-0.4, -0.2) is 56.0 Å². The van der Waals surface area contributed by atoms with Gasteiger partial charge in [-0.15, -0.1) is 5.10 Å². The Balaban J connectivity index is 1.32. The van der Waals surface area contributed by atoms with Crippen LogP contribution in [-0.2, 0) is 0 Å². The van der Waals surface area contributed by atoms with Crippen LogP contribution in [0, 0.1) is 6.92 Å². The summed E-state index contributed by atoms with van der Waals surface area (Å²) in [7, 11) is 0. The molecule has 2 aliphatic rings. The standard InChI is InChI=1S/C17H20N8/c1-12-10-16(25-17(20-12)18-11-19-25)24-8-6-23(7-9-24)15-5-4-14(21-22-15)13-2-3-13/h4-5,10-11,13H,2-3,6-9H2,1H3. The van der Waals surface area contributed by atoms with E-state index in [1.807, 2.05) is 11.4 Å². The van der Waals surface area contributed by atoms with Crippen molar-refractivity contribution in [2.75, 3.05) is 36.0 Å². The molecule has 8 nitrogen and oxygen atoms in total. The second-order valence-electron chi connectivity index (χ2n) is 6.79. The molecule has 1 saturated carbocycles. The molecule has 3 aromatic rings. The van der Waals surface area contributed by atoms with Crippen molar-refractivity contribution in [2.45, 2.75) is 25.7 Å². The molecule has 0 amide bonds. The molecule has 5 rings (SSSR count). The maximum absolute atomic E-state index is 4.44. The molecule has 25 heavy (non-hydrogen) atoms. The maximum Gasteiger partial charge on any atom is 0.254 e. The number of nitrogens with zero attached hydrogens (tertiary/aromatic N) is 8. The molecule has 4 heterocycles. The minimum Gasteiger partial charge on any atom is -0.353 e. The second-order valence-corrected chi connectivity index (χ2v) is 6.79. The average Bonchev–Trinajstić information content (AvgIpc) is 3.39. The van der Waals surface area contributed by atoms with Gasteiger partial charge < -0.3 is 9.80 Å². The first-order valence-electron chi connectivity index (χ1n) is 8.79. The number of aromatic nitrogens is 6. The van der Waals surface area contributed by atoms with Gasteiger partial charge in [0.1, 0.15) is 12.1 Å². The summed E-state index contributed by atoms with van der Waals surface area (Å²) < 4.78 is 1.81. The quantitative estimate of drug-likeness (QED) is 0.716. The normalized spacial score (nSPS) is 18.1. The molecule has 2 fully saturated rings. The molecule has 1 saturated heterocycles. The van der Waals surface area contributed by atoms with Crippen molar-refractivity contribution in [1.29, 1.82) is 0 Å². The maximum atomic E-state index is 4.44. The number of hydrogen-bond acceptors (Lipinski definition) is 7. The SMILES string of the molecule is Cc1cc(N2CCN(c3ccc(C4CC4)nn3)CC2)n2ncnc2n1. The van der Waals surface area contributed by atoms with Gasteiger partial charge in [-0.3, -0.25) is 0 Å².